The number of amides is 1. The van der Waals surface area contributed by atoms with Gasteiger partial charge in [-0.15, -0.1) is 22.7 Å². The predicted octanol–water partition coefficient (Wildman–Crippen LogP) is 6.06. The van der Waals surface area contributed by atoms with Crippen LogP contribution in [0.1, 0.15) is 69.1 Å². The average molecular weight is 492 g/mol. The fourth-order valence-corrected chi connectivity index (χ4v) is 6.50. The Kier molecular flexibility index (Phi) is 5.66. The molecule has 0 fully saturated rings. The van der Waals surface area contributed by atoms with E-state index in [0.29, 0.717) is 10.6 Å². The van der Waals surface area contributed by atoms with Gasteiger partial charge in [0.25, 0.3) is 5.91 Å². The van der Waals surface area contributed by atoms with Gasteiger partial charge in [-0.3, -0.25) is 4.79 Å². The highest BCUT2D eigenvalue weighted by Crippen LogP contribution is 2.44. The van der Waals surface area contributed by atoms with Gasteiger partial charge >= 0.3 is 6.18 Å². The van der Waals surface area contributed by atoms with Crippen LogP contribution in [0.4, 0.5) is 24.0 Å². The Morgan fingerprint density at radius 1 is 1.30 bits per heavy atom. The van der Waals surface area contributed by atoms with E-state index in [1.54, 1.807) is 12.1 Å². The lowest BCUT2D eigenvalue weighted by Crippen LogP contribution is -2.35. The van der Waals surface area contributed by atoms with Crippen LogP contribution in [0.25, 0.3) is 0 Å². The highest BCUT2D eigenvalue weighted by molar-refractivity contribution is 7.16. The summed E-state index contributed by atoms with van der Waals surface area (Å²) in [5, 5.41) is 21.8. The quantitative estimate of drug-likeness (QED) is 0.437. The third kappa shape index (κ3) is 4.13. The molecule has 5 rings (SSSR count). The van der Waals surface area contributed by atoms with Crippen LogP contribution in [-0.4, -0.2) is 21.9 Å². The minimum atomic E-state index is -4.51. The number of carbonyl (C=O) groups is 1. The lowest BCUT2D eigenvalue weighted by molar-refractivity contribution is -0.173. The largest absolute Gasteiger partial charge is 0.410 e. The molecular weight excluding hydrogens is 471 g/mol. The summed E-state index contributed by atoms with van der Waals surface area (Å²) in [7, 11) is 0. The van der Waals surface area contributed by atoms with E-state index >= 15 is 0 Å². The molecule has 0 saturated heterocycles. The maximum absolute atomic E-state index is 13.8. The topological polar surface area (TPSA) is 82.7 Å². The minimum absolute atomic E-state index is 0.119. The van der Waals surface area contributed by atoms with Crippen molar-refractivity contribution < 1.29 is 18.0 Å². The first kappa shape index (κ1) is 22.0. The Morgan fingerprint density at radius 3 is 2.85 bits per heavy atom. The number of thiophene rings is 2. The number of aromatic nitrogens is 2. The minimum Gasteiger partial charge on any atom is -0.363 e. The molecular formula is C22H20F3N5OS2. The summed E-state index contributed by atoms with van der Waals surface area (Å²) in [4.78, 5) is 14.8. The van der Waals surface area contributed by atoms with Crippen molar-refractivity contribution in [3.8, 4) is 6.07 Å². The molecule has 0 radical (unpaired) electrons. The summed E-state index contributed by atoms with van der Waals surface area (Å²) < 4.78 is 42.4. The Hall–Kier alpha value is -2.84. The second kappa shape index (κ2) is 8.50. The van der Waals surface area contributed by atoms with E-state index in [0.717, 1.165) is 52.1 Å². The third-order valence-corrected chi connectivity index (χ3v) is 8.26. The van der Waals surface area contributed by atoms with Crippen LogP contribution in [-0.2, 0) is 12.8 Å². The van der Waals surface area contributed by atoms with Crippen molar-refractivity contribution in [3.05, 3.63) is 50.2 Å². The molecule has 2 N–H and O–H groups in total. The number of nitriles is 1. The summed E-state index contributed by atoms with van der Waals surface area (Å²) in [5.74, 6) is -0.477. The summed E-state index contributed by atoms with van der Waals surface area (Å²) in [5.41, 5.74) is 1.32. The van der Waals surface area contributed by atoms with E-state index in [2.05, 4.69) is 21.8 Å². The van der Waals surface area contributed by atoms with Crippen LogP contribution in [0.3, 0.4) is 0 Å². The van der Waals surface area contributed by atoms with E-state index in [1.165, 1.54) is 28.7 Å². The van der Waals surface area contributed by atoms with E-state index < -0.39 is 24.2 Å². The molecule has 0 saturated carbocycles. The van der Waals surface area contributed by atoms with Gasteiger partial charge in [0.05, 0.1) is 11.6 Å². The monoisotopic (exact) mass is 491 g/mol. The van der Waals surface area contributed by atoms with Crippen LogP contribution < -0.4 is 10.6 Å². The average Bonchev–Trinajstić information content (AvgIpc) is 3.48. The molecule has 0 unspecified atom stereocenters. The van der Waals surface area contributed by atoms with Gasteiger partial charge in [0.2, 0.25) is 0 Å². The lowest BCUT2D eigenvalue weighted by atomic mass is 10.0. The Labute approximate surface area is 196 Å². The van der Waals surface area contributed by atoms with Crippen molar-refractivity contribution in [1.29, 1.82) is 5.26 Å². The van der Waals surface area contributed by atoms with Gasteiger partial charge in [0, 0.05) is 22.2 Å². The maximum Gasteiger partial charge on any atom is 0.410 e. The molecule has 1 aliphatic carbocycles. The number of alkyl halides is 3. The fraction of sp³-hybridized carbons (Fsp3) is 0.409. The highest BCUT2D eigenvalue weighted by Gasteiger charge is 2.47. The van der Waals surface area contributed by atoms with Gasteiger partial charge in [-0.25, -0.2) is 4.68 Å². The van der Waals surface area contributed by atoms with Gasteiger partial charge < -0.3 is 10.6 Å². The molecule has 2 atom stereocenters. The van der Waals surface area contributed by atoms with Crippen molar-refractivity contribution in [2.75, 3.05) is 10.6 Å². The SMILES string of the molecule is N#Cc1c(NC(=O)c2cc3n(n2)[C@@H](C(F)(F)F)C[C@@H](c2cccs2)N3)sc2c1CCCCC2. The molecule has 0 spiro atoms. The van der Waals surface area contributed by atoms with Crippen molar-refractivity contribution in [1.82, 2.24) is 9.78 Å². The normalized spacial score (nSPS) is 20.2. The molecule has 0 bridgehead atoms. The van der Waals surface area contributed by atoms with E-state index in [-0.39, 0.29) is 17.9 Å². The zero-order valence-corrected chi connectivity index (χ0v) is 19.0. The second-order valence-electron chi connectivity index (χ2n) is 8.20. The van der Waals surface area contributed by atoms with Crippen LogP contribution >= 0.6 is 22.7 Å². The number of hydrogen-bond acceptors (Lipinski definition) is 6. The number of hydrogen-bond donors (Lipinski definition) is 2. The lowest BCUT2D eigenvalue weighted by Gasteiger charge is -2.32. The maximum atomic E-state index is 13.8. The number of aryl methyl sites for hydroxylation is 1. The molecule has 1 aliphatic heterocycles. The summed E-state index contributed by atoms with van der Waals surface area (Å²) in [6, 6.07) is 4.77. The standard InChI is InChI=1S/C22H20F3N5OS2/c23-22(24,25)18-9-14(17-7-4-8-32-17)27-19-10-15(29-30(18)19)20(31)28-21-13(11-26)12-5-2-1-3-6-16(12)33-21/h4,7-8,10,14,18,27H,1-3,5-6,9H2,(H,28,31)/t14-,18+/m0/s1. The summed E-state index contributed by atoms with van der Waals surface area (Å²) in [6.45, 7) is 0. The van der Waals surface area contributed by atoms with Gasteiger partial charge in [-0.2, -0.15) is 23.5 Å². The Balaban J connectivity index is 1.44. The van der Waals surface area contributed by atoms with Gasteiger partial charge in [-0.05, 0) is 42.7 Å². The summed E-state index contributed by atoms with van der Waals surface area (Å²) >= 11 is 2.76. The van der Waals surface area contributed by atoms with Crippen LogP contribution in [0.15, 0.2) is 23.6 Å². The number of nitrogens with one attached hydrogen (secondary N) is 2. The van der Waals surface area contributed by atoms with Crippen LogP contribution in [0.2, 0.25) is 0 Å². The number of rotatable bonds is 3. The molecule has 6 nitrogen and oxygen atoms in total. The predicted molar refractivity (Wildman–Crippen MR) is 121 cm³/mol. The van der Waals surface area contributed by atoms with Gasteiger partial charge in [0.1, 0.15) is 16.9 Å². The molecule has 33 heavy (non-hydrogen) atoms. The zero-order valence-electron chi connectivity index (χ0n) is 17.4. The molecule has 1 amide bonds. The van der Waals surface area contributed by atoms with Gasteiger partial charge in [-0.1, -0.05) is 12.5 Å². The number of halogens is 3. The number of fused-ring (bicyclic) bond motifs is 2. The molecule has 2 aliphatic rings. The van der Waals surface area contributed by atoms with Crippen molar-refractivity contribution >= 4 is 39.4 Å². The van der Waals surface area contributed by atoms with Gasteiger partial charge in [0.15, 0.2) is 11.7 Å². The Bertz CT molecular complexity index is 1220. The third-order valence-electron chi connectivity index (χ3n) is 6.07. The van der Waals surface area contributed by atoms with Crippen LogP contribution in [0.5, 0.6) is 0 Å². The van der Waals surface area contributed by atoms with E-state index in [9.17, 15) is 23.2 Å². The van der Waals surface area contributed by atoms with Crippen LogP contribution in [0, 0.1) is 11.3 Å². The first-order valence-corrected chi connectivity index (χ1v) is 12.4. The van der Waals surface area contributed by atoms with E-state index in [4.69, 9.17) is 0 Å². The molecule has 4 heterocycles. The van der Waals surface area contributed by atoms with Crippen molar-refractivity contribution in [2.24, 2.45) is 0 Å². The highest BCUT2D eigenvalue weighted by atomic mass is 32.1. The Morgan fingerprint density at radius 2 is 2.12 bits per heavy atom. The first-order chi connectivity index (χ1) is 15.8. The number of carbonyl (C=O) groups excluding carboxylic acids is 1. The van der Waals surface area contributed by atoms with E-state index in [1.807, 2.05) is 5.38 Å². The molecule has 3 aromatic rings. The molecule has 3 aromatic heterocycles. The molecule has 172 valence electrons. The molecule has 0 aromatic carbocycles. The smallest absolute Gasteiger partial charge is 0.363 e. The molecule has 11 heteroatoms. The first-order valence-electron chi connectivity index (χ1n) is 10.7. The number of nitrogens with zero attached hydrogens (tertiary/aromatic N) is 3. The van der Waals surface area contributed by atoms with Crippen molar-refractivity contribution in [2.45, 2.75) is 56.8 Å². The zero-order chi connectivity index (χ0) is 23.2. The number of anilines is 2. The summed E-state index contributed by atoms with van der Waals surface area (Å²) in [6.07, 6.45) is 0.0790. The fourth-order valence-electron chi connectivity index (χ4n) is 4.48. The second-order valence-corrected chi connectivity index (χ2v) is 10.3. The van der Waals surface area contributed by atoms with Crippen molar-refractivity contribution in [3.63, 3.8) is 0 Å².